The van der Waals surface area contributed by atoms with Crippen molar-refractivity contribution in [2.24, 2.45) is 5.73 Å². The predicted molar refractivity (Wildman–Crippen MR) is 164 cm³/mol. The number of halogens is 2. The molecule has 3 aliphatic rings. The van der Waals surface area contributed by atoms with Crippen LogP contribution in [0.1, 0.15) is 47.2 Å². The maximum absolute atomic E-state index is 14.3. The van der Waals surface area contributed by atoms with Crippen LogP contribution >= 0.6 is 0 Å². The Labute approximate surface area is 249 Å². The summed E-state index contributed by atoms with van der Waals surface area (Å²) in [6.07, 6.45) is 3.23. The van der Waals surface area contributed by atoms with Gasteiger partial charge in [-0.3, -0.25) is 9.89 Å². The fourth-order valence-corrected chi connectivity index (χ4v) is 6.74. The lowest BCUT2D eigenvalue weighted by Gasteiger charge is -2.36. The summed E-state index contributed by atoms with van der Waals surface area (Å²) < 4.78 is 34.1. The average molecular weight is 587 g/mol. The minimum Gasteiger partial charge on any atom is -0.381 e. The molecule has 4 aromatic rings. The molecule has 1 aliphatic carbocycles. The Hall–Kier alpha value is -4.02. The molecule has 0 bridgehead atoms. The van der Waals surface area contributed by atoms with E-state index < -0.39 is 23.0 Å². The van der Waals surface area contributed by atoms with E-state index in [9.17, 15) is 13.6 Å². The lowest BCUT2D eigenvalue weighted by Crippen LogP contribution is -2.44. The number of aromatic nitrogens is 2. The number of nitrogens with two attached hydrogens (primary N) is 1. The monoisotopic (exact) mass is 586 g/mol. The summed E-state index contributed by atoms with van der Waals surface area (Å²) in [5.74, 6) is -1.66. The van der Waals surface area contributed by atoms with E-state index in [1.165, 1.54) is 12.1 Å². The summed E-state index contributed by atoms with van der Waals surface area (Å²) in [6.45, 7) is 4.79. The van der Waals surface area contributed by atoms with E-state index in [2.05, 4.69) is 33.3 Å². The number of aromatic amines is 1. The van der Waals surface area contributed by atoms with Crippen LogP contribution in [0.2, 0.25) is 0 Å². The summed E-state index contributed by atoms with van der Waals surface area (Å²) in [5, 5.41) is 12.6. The lowest BCUT2D eigenvalue weighted by molar-refractivity contribution is 0.0904. The molecule has 1 amide bonds. The summed E-state index contributed by atoms with van der Waals surface area (Å²) in [6, 6.07) is 13.8. The van der Waals surface area contributed by atoms with Gasteiger partial charge in [0.2, 0.25) is 0 Å². The number of amides is 1. The van der Waals surface area contributed by atoms with Crippen LogP contribution in [0.25, 0.3) is 22.2 Å². The van der Waals surface area contributed by atoms with Crippen LogP contribution in [0.4, 0.5) is 20.2 Å². The number of H-pyrrole nitrogens is 1. The normalized spacial score (nSPS) is 19.1. The number of hydrogen-bond acceptors (Lipinski definition) is 6. The highest BCUT2D eigenvalue weighted by Crippen LogP contribution is 2.54. The zero-order chi connectivity index (χ0) is 29.7. The number of carbonyl (C=O) groups excluding carboxylic acids is 1. The van der Waals surface area contributed by atoms with E-state index in [1.54, 1.807) is 0 Å². The van der Waals surface area contributed by atoms with E-state index in [1.807, 2.05) is 24.3 Å². The van der Waals surface area contributed by atoms with Crippen LogP contribution in [-0.2, 0) is 10.2 Å². The molecule has 2 aliphatic heterocycles. The SMILES string of the molecule is CN1CCN(c2ccc(C(N)=O)c(NC3CCOCC3)c2-c2n[nH]c3ccc(C4(c5cc(F)cc(F)c5)CC4)cc23)CC1. The van der Waals surface area contributed by atoms with Crippen molar-refractivity contribution < 1.29 is 18.3 Å². The standard InChI is InChI=1S/C33H36F2N6O2/c1-40-10-12-41(13-11-40)28-5-3-25(32(36)42)30(37-24-6-14-43-15-7-24)29(28)31-26-18-20(2-4-27(26)38-39-31)33(8-9-33)21-16-22(34)19-23(35)17-21/h2-5,16-19,24,37H,6-15H2,1H3,(H2,36,42)(H,38,39). The first-order valence-electron chi connectivity index (χ1n) is 15.0. The number of ether oxygens (including phenoxy) is 1. The first-order chi connectivity index (χ1) is 20.8. The van der Waals surface area contributed by atoms with Gasteiger partial charge >= 0.3 is 0 Å². The quantitative estimate of drug-likeness (QED) is 0.281. The van der Waals surface area contributed by atoms with Crippen LogP contribution in [0, 0.1) is 11.6 Å². The molecule has 0 atom stereocenters. The average Bonchev–Trinajstić information content (AvgIpc) is 3.71. The van der Waals surface area contributed by atoms with Crippen molar-refractivity contribution in [3.05, 3.63) is 76.9 Å². The highest BCUT2D eigenvalue weighted by molar-refractivity contribution is 6.08. The van der Waals surface area contributed by atoms with Gasteiger partial charge in [-0.05, 0) is 80.3 Å². The number of primary amides is 1. The minimum atomic E-state index is -0.574. The van der Waals surface area contributed by atoms with Crippen molar-refractivity contribution in [1.29, 1.82) is 0 Å². The van der Waals surface area contributed by atoms with Gasteiger partial charge in [-0.1, -0.05) is 6.07 Å². The van der Waals surface area contributed by atoms with Gasteiger partial charge in [-0.2, -0.15) is 5.10 Å². The molecule has 4 N–H and O–H groups in total. The molecule has 0 radical (unpaired) electrons. The van der Waals surface area contributed by atoms with Crippen LogP contribution in [0.15, 0.2) is 48.5 Å². The summed E-state index contributed by atoms with van der Waals surface area (Å²) >= 11 is 0. The second-order valence-electron chi connectivity index (χ2n) is 12.1. The van der Waals surface area contributed by atoms with E-state index in [4.69, 9.17) is 15.6 Å². The molecule has 0 spiro atoms. The van der Waals surface area contributed by atoms with E-state index >= 15 is 0 Å². The Bertz CT molecular complexity index is 1670. The van der Waals surface area contributed by atoms with Crippen LogP contribution < -0.4 is 16.0 Å². The smallest absolute Gasteiger partial charge is 0.250 e. The van der Waals surface area contributed by atoms with E-state index in [0.717, 1.165) is 85.6 Å². The molecule has 8 nitrogen and oxygen atoms in total. The maximum atomic E-state index is 14.3. The Morgan fingerprint density at radius 2 is 1.72 bits per heavy atom. The van der Waals surface area contributed by atoms with Crippen LogP contribution in [-0.4, -0.2) is 73.5 Å². The number of rotatable bonds is 7. The van der Waals surface area contributed by atoms with Crippen LogP contribution in [0.5, 0.6) is 0 Å². The molecule has 43 heavy (non-hydrogen) atoms. The second kappa shape index (κ2) is 10.9. The predicted octanol–water partition coefficient (Wildman–Crippen LogP) is 5.03. The number of carbonyl (C=O) groups is 1. The zero-order valence-corrected chi connectivity index (χ0v) is 24.3. The van der Waals surface area contributed by atoms with Crippen molar-refractivity contribution in [3.8, 4) is 11.3 Å². The van der Waals surface area contributed by atoms with Gasteiger partial charge in [0.25, 0.3) is 5.91 Å². The third kappa shape index (κ3) is 5.12. The second-order valence-corrected chi connectivity index (χ2v) is 12.1. The number of nitrogens with one attached hydrogen (secondary N) is 2. The van der Waals surface area contributed by atoms with Gasteiger partial charge in [0.15, 0.2) is 0 Å². The molecular formula is C33H36F2N6O2. The minimum absolute atomic E-state index is 0.117. The summed E-state index contributed by atoms with van der Waals surface area (Å²) in [4.78, 5) is 17.5. The molecule has 224 valence electrons. The summed E-state index contributed by atoms with van der Waals surface area (Å²) in [5.41, 5.74) is 11.6. The largest absolute Gasteiger partial charge is 0.381 e. The maximum Gasteiger partial charge on any atom is 0.250 e. The molecule has 3 fully saturated rings. The number of piperazine rings is 1. The molecule has 10 heteroatoms. The number of nitrogens with zero attached hydrogens (tertiary/aromatic N) is 3. The van der Waals surface area contributed by atoms with Gasteiger partial charge < -0.3 is 25.6 Å². The third-order valence-corrected chi connectivity index (χ3v) is 9.38. The van der Waals surface area contributed by atoms with Crippen molar-refractivity contribution in [3.63, 3.8) is 0 Å². The van der Waals surface area contributed by atoms with E-state index in [-0.39, 0.29) is 6.04 Å². The number of benzene rings is 3. The number of anilines is 2. The number of hydrogen-bond donors (Lipinski definition) is 3. The Kier molecular flexibility index (Phi) is 7.05. The lowest BCUT2D eigenvalue weighted by atomic mass is 9.86. The van der Waals surface area contributed by atoms with Gasteiger partial charge in [0, 0.05) is 68.0 Å². The van der Waals surface area contributed by atoms with Gasteiger partial charge in [-0.15, -0.1) is 0 Å². The molecule has 7 rings (SSSR count). The molecule has 3 aromatic carbocycles. The fourth-order valence-electron chi connectivity index (χ4n) is 6.74. The number of likely N-dealkylation sites (N-methyl/N-ethyl adjacent to an activating group) is 1. The third-order valence-electron chi connectivity index (χ3n) is 9.38. The number of fused-ring (bicyclic) bond motifs is 1. The Morgan fingerprint density at radius 1 is 1.00 bits per heavy atom. The molecule has 1 saturated carbocycles. The van der Waals surface area contributed by atoms with Crippen molar-refractivity contribution in [2.45, 2.75) is 37.1 Å². The highest BCUT2D eigenvalue weighted by Gasteiger charge is 2.46. The zero-order valence-electron chi connectivity index (χ0n) is 24.3. The van der Waals surface area contributed by atoms with Gasteiger partial charge in [0.05, 0.1) is 22.3 Å². The molecule has 0 unspecified atom stereocenters. The van der Waals surface area contributed by atoms with Crippen LogP contribution in [0.3, 0.4) is 0 Å². The molecular weight excluding hydrogens is 550 g/mol. The Balaban J connectivity index is 1.41. The van der Waals surface area contributed by atoms with Gasteiger partial charge in [0.1, 0.15) is 17.3 Å². The first kappa shape index (κ1) is 27.8. The topological polar surface area (TPSA) is 99.5 Å². The van der Waals surface area contributed by atoms with Gasteiger partial charge in [-0.25, -0.2) is 8.78 Å². The van der Waals surface area contributed by atoms with Crippen molar-refractivity contribution >= 4 is 28.2 Å². The fraction of sp³-hybridized carbons (Fsp3) is 0.394. The Morgan fingerprint density at radius 3 is 2.40 bits per heavy atom. The molecule has 2 saturated heterocycles. The van der Waals surface area contributed by atoms with Crippen molar-refractivity contribution in [1.82, 2.24) is 15.1 Å². The van der Waals surface area contributed by atoms with Crippen molar-refractivity contribution in [2.75, 3.05) is 56.7 Å². The molecule has 3 heterocycles. The highest BCUT2D eigenvalue weighted by atomic mass is 19.1. The first-order valence-corrected chi connectivity index (χ1v) is 15.0. The van der Waals surface area contributed by atoms with E-state index in [0.29, 0.717) is 35.7 Å². The summed E-state index contributed by atoms with van der Waals surface area (Å²) in [7, 11) is 2.12. The molecule has 1 aromatic heterocycles.